The molecule has 0 bridgehead atoms. The lowest BCUT2D eigenvalue weighted by atomic mass is 10.0. The number of nitrogens with one attached hydrogen (secondary N) is 1. The van der Waals surface area contributed by atoms with Crippen molar-refractivity contribution in [1.82, 2.24) is 14.9 Å². The highest BCUT2D eigenvalue weighted by atomic mass is 32.1. The maximum atomic E-state index is 12.6. The van der Waals surface area contributed by atoms with Crippen LogP contribution in [0.5, 0.6) is 0 Å². The van der Waals surface area contributed by atoms with Crippen molar-refractivity contribution in [2.45, 2.75) is 32.2 Å². The number of hydrogen-bond donors (Lipinski definition) is 1. The summed E-state index contributed by atoms with van der Waals surface area (Å²) in [6.07, 6.45) is 4.92. The summed E-state index contributed by atoms with van der Waals surface area (Å²) in [6, 6.07) is 1.84. The molecule has 0 aliphatic heterocycles. The molecule has 0 saturated heterocycles. The number of rotatable bonds is 3. The highest BCUT2D eigenvalue weighted by Crippen LogP contribution is 2.56. The number of fused-ring (bicyclic) bond motifs is 2. The Balaban J connectivity index is 1.50. The normalized spacial score (nSPS) is 26.7. The van der Waals surface area contributed by atoms with Gasteiger partial charge in [-0.15, -0.1) is 11.3 Å². The van der Waals surface area contributed by atoms with Gasteiger partial charge in [-0.2, -0.15) is 0 Å². The van der Waals surface area contributed by atoms with E-state index in [4.69, 9.17) is 0 Å². The smallest absolute Gasteiger partial charge is 0.268 e. The Morgan fingerprint density at radius 2 is 2.14 bits per heavy atom. The Morgan fingerprint density at radius 1 is 1.41 bits per heavy atom. The number of hydrogen-bond acceptors (Lipinski definition) is 4. The van der Waals surface area contributed by atoms with Gasteiger partial charge >= 0.3 is 0 Å². The highest BCUT2D eigenvalue weighted by molar-refractivity contribution is 7.17. The molecule has 0 spiro atoms. The summed E-state index contributed by atoms with van der Waals surface area (Å²) in [5.41, 5.74) is 0.598. The van der Waals surface area contributed by atoms with E-state index in [1.807, 2.05) is 18.5 Å². The van der Waals surface area contributed by atoms with Crippen LogP contribution in [0.15, 0.2) is 16.2 Å². The average molecular weight is 317 g/mol. The van der Waals surface area contributed by atoms with Gasteiger partial charge in [0.15, 0.2) is 0 Å². The van der Waals surface area contributed by atoms with Crippen molar-refractivity contribution >= 4 is 27.5 Å². The molecule has 0 aromatic carbocycles. The minimum Gasteiger partial charge on any atom is -0.338 e. The van der Waals surface area contributed by atoms with Crippen LogP contribution >= 0.6 is 11.3 Å². The molecule has 116 valence electrons. The molecule has 2 aromatic rings. The summed E-state index contributed by atoms with van der Waals surface area (Å²) in [6.45, 7) is 0.371. The number of aromatic amines is 1. The SMILES string of the molecule is CN(Cc1nc2ccsc2c(=O)[nH]1)C(=O)C1[C@H]2CCCC[C@@H]12. The lowest BCUT2D eigenvalue weighted by Crippen LogP contribution is -2.30. The molecule has 0 radical (unpaired) electrons. The van der Waals surface area contributed by atoms with Gasteiger partial charge in [-0.05, 0) is 36.1 Å². The molecule has 4 rings (SSSR count). The molecule has 1 amide bonds. The van der Waals surface area contributed by atoms with Gasteiger partial charge < -0.3 is 9.88 Å². The van der Waals surface area contributed by atoms with Gasteiger partial charge in [-0.3, -0.25) is 9.59 Å². The van der Waals surface area contributed by atoms with Crippen LogP contribution in [0.3, 0.4) is 0 Å². The number of carbonyl (C=O) groups is 1. The van der Waals surface area contributed by atoms with E-state index in [1.165, 1.54) is 37.0 Å². The first-order chi connectivity index (χ1) is 10.6. The van der Waals surface area contributed by atoms with Crippen LogP contribution in [0.4, 0.5) is 0 Å². The van der Waals surface area contributed by atoms with Gasteiger partial charge in [0.1, 0.15) is 10.5 Å². The lowest BCUT2D eigenvalue weighted by molar-refractivity contribution is -0.132. The lowest BCUT2D eigenvalue weighted by Gasteiger charge is -2.16. The number of aromatic nitrogens is 2. The zero-order valence-electron chi connectivity index (χ0n) is 12.5. The second-order valence-corrected chi connectivity index (χ2v) is 7.40. The van der Waals surface area contributed by atoms with E-state index in [9.17, 15) is 9.59 Å². The van der Waals surface area contributed by atoms with Crippen LogP contribution in [0.1, 0.15) is 31.5 Å². The predicted molar refractivity (Wildman–Crippen MR) is 85.7 cm³/mol. The summed E-state index contributed by atoms with van der Waals surface area (Å²) in [5.74, 6) is 2.20. The Morgan fingerprint density at radius 3 is 2.86 bits per heavy atom. The van der Waals surface area contributed by atoms with Gasteiger partial charge in [0.05, 0.1) is 12.1 Å². The first-order valence-electron chi connectivity index (χ1n) is 7.86. The highest BCUT2D eigenvalue weighted by Gasteiger charge is 2.55. The van der Waals surface area contributed by atoms with Crippen molar-refractivity contribution < 1.29 is 4.79 Å². The molecule has 2 aromatic heterocycles. The van der Waals surface area contributed by atoms with Crippen molar-refractivity contribution in [1.29, 1.82) is 0 Å². The van der Waals surface area contributed by atoms with E-state index in [0.717, 1.165) is 0 Å². The maximum Gasteiger partial charge on any atom is 0.268 e. The van der Waals surface area contributed by atoms with Crippen molar-refractivity contribution in [3.8, 4) is 0 Å². The fourth-order valence-corrected chi connectivity index (χ4v) is 4.64. The van der Waals surface area contributed by atoms with E-state index >= 15 is 0 Å². The van der Waals surface area contributed by atoms with Crippen LogP contribution in [-0.2, 0) is 11.3 Å². The van der Waals surface area contributed by atoms with Crippen LogP contribution in [0.25, 0.3) is 10.2 Å². The molecule has 1 unspecified atom stereocenters. The molecule has 1 N–H and O–H groups in total. The van der Waals surface area contributed by atoms with E-state index in [1.54, 1.807) is 4.90 Å². The first-order valence-corrected chi connectivity index (χ1v) is 8.74. The molecule has 2 aliphatic carbocycles. The molecule has 3 atom stereocenters. The molecule has 2 saturated carbocycles. The fourth-order valence-electron chi connectivity index (χ4n) is 3.91. The summed E-state index contributed by atoms with van der Waals surface area (Å²) >= 11 is 1.39. The molecule has 2 fully saturated rings. The third kappa shape index (κ3) is 2.26. The van der Waals surface area contributed by atoms with E-state index in [0.29, 0.717) is 34.4 Å². The third-order valence-corrected chi connectivity index (χ3v) is 5.97. The summed E-state index contributed by atoms with van der Waals surface area (Å²) in [5, 5.41) is 1.86. The van der Waals surface area contributed by atoms with Crippen LogP contribution in [-0.4, -0.2) is 27.8 Å². The first kappa shape index (κ1) is 13.9. The fraction of sp³-hybridized carbons (Fsp3) is 0.562. The Bertz CT molecular complexity index is 769. The summed E-state index contributed by atoms with van der Waals surface area (Å²) < 4.78 is 0.644. The molecule has 5 nitrogen and oxygen atoms in total. The van der Waals surface area contributed by atoms with E-state index in [-0.39, 0.29) is 17.4 Å². The van der Waals surface area contributed by atoms with Crippen molar-refractivity contribution in [3.63, 3.8) is 0 Å². The van der Waals surface area contributed by atoms with Gasteiger partial charge in [0.25, 0.3) is 5.56 Å². The Labute approximate surface area is 132 Å². The molecule has 2 heterocycles. The summed E-state index contributed by atoms with van der Waals surface area (Å²) in [4.78, 5) is 33.5. The molecule has 2 aliphatic rings. The summed E-state index contributed by atoms with van der Waals surface area (Å²) in [7, 11) is 1.81. The van der Waals surface area contributed by atoms with Crippen molar-refractivity contribution in [3.05, 3.63) is 27.6 Å². The number of carbonyl (C=O) groups excluding carboxylic acids is 1. The molecular weight excluding hydrogens is 298 g/mol. The maximum absolute atomic E-state index is 12.6. The molecule has 6 heteroatoms. The Hall–Kier alpha value is -1.69. The van der Waals surface area contributed by atoms with Crippen molar-refractivity contribution in [2.75, 3.05) is 7.05 Å². The zero-order valence-corrected chi connectivity index (χ0v) is 13.4. The monoisotopic (exact) mass is 317 g/mol. The minimum atomic E-state index is -0.115. The topological polar surface area (TPSA) is 66.1 Å². The number of thiophene rings is 1. The van der Waals surface area contributed by atoms with Crippen molar-refractivity contribution in [2.24, 2.45) is 17.8 Å². The predicted octanol–water partition coefficient (Wildman–Crippen LogP) is 2.38. The number of amides is 1. The van der Waals surface area contributed by atoms with Gasteiger partial charge in [0, 0.05) is 13.0 Å². The van der Waals surface area contributed by atoms with Gasteiger partial charge in [-0.25, -0.2) is 4.98 Å². The van der Waals surface area contributed by atoms with E-state index < -0.39 is 0 Å². The number of H-pyrrole nitrogens is 1. The molecular formula is C16H19N3O2S. The zero-order chi connectivity index (χ0) is 15.3. The number of nitrogens with zero attached hydrogens (tertiary/aromatic N) is 2. The average Bonchev–Trinajstić information content (AvgIpc) is 3.03. The van der Waals surface area contributed by atoms with Crippen LogP contribution < -0.4 is 5.56 Å². The Kier molecular flexibility index (Phi) is 3.29. The van der Waals surface area contributed by atoms with Gasteiger partial charge in [-0.1, -0.05) is 12.8 Å². The largest absolute Gasteiger partial charge is 0.338 e. The second-order valence-electron chi connectivity index (χ2n) is 6.48. The van der Waals surface area contributed by atoms with Gasteiger partial charge in [0.2, 0.25) is 5.91 Å². The molecule has 22 heavy (non-hydrogen) atoms. The third-order valence-electron chi connectivity index (χ3n) is 5.07. The quantitative estimate of drug-likeness (QED) is 0.945. The van der Waals surface area contributed by atoms with E-state index in [2.05, 4.69) is 9.97 Å². The standard InChI is InChI=1S/C16H19N3O2S/c1-19(16(21)13-9-4-2-3-5-10(9)13)8-12-17-11-6-7-22-14(11)15(20)18-12/h6-7,9-10,13H,2-5,8H2,1H3,(H,17,18,20)/t9-,10+,13?. The second kappa shape index (κ2) is 5.19. The van der Waals surface area contributed by atoms with Crippen LogP contribution in [0, 0.1) is 17.8 Å². The van der Waals surface area contributed by atoms with Crippen LogP contribution in [0.2, 0.25) is 0 Å². The minimum absolute atomic E-state index is 0.115.